The number of ether oxygens (including phenoxy) is 1. The van der Waals surface area contributed by atoms with Gasteiger partial charge in [-0.1, -0.05) is 30.3 Å². The van der Waals surface area contributed by atoms with Crippen LogP contribution in [0.3, 0.4) is 0 Å². The molecular weight excluding hydrogens is 518 g/mol. The lowest BCUT2D eigenvalue weighted by atomic mass is 9.88. The van der Waals surface area contributed by atoms with Crippen molar-refractivity contribution in [3.63, 3.8) is 0 Å². The SMILES string of the molecule is C[C@H](O)C(=O)N(C[C@@H]1CNC[C@H]1O)C(c1nc(-c2cc(F)ccc2F)cn1Cc1ccccc1)C1CCOCC1. The molecule has 4 atom stereocenters. The lowest BCUT2D eigenvalue weighted by Crippen LogP contribution is -2.48. The minimum atomic E-state index is -1.27. The van der Waals surface area contributed by atoms with Gasteiger partial charge in [0.1, 0.15) is 23.6 Å². The highest BCUT2D eigenvalue weighted by Crippen LogP contribution is 2.38. The van der Waals surface area contributed by atoms with Gasteiger partial charge in [-0.05, 0) is 49.4 Å². The van der Waals surface area contributed by atoms with Crippen molar-refractivity contribution in [2.75, 3.05) is 32.8 Å². The largest absolute Gasteiger partial charge is 0.391 e. The molecule has 2 aliphatic rings. The molecule has 1 aromatic heterocycles. The van der Waals surface area contributed by atoms with Crippen LogP contribution in [-0.2, 0) is 16.1 Å². The number of imidazole rings is 1. The van der Waals surface area contributed by atoms with E-state index in [4.69, 9.17) is 9.72 Å². The average Bonchev–Trinajstić information content (AvgIpc) is 3.56. The van der Waals surface area contributed by atoms with E-state index in [9.17, 15) is 23.8 Å². The molecule has 2 saturated heterocycles. The quantitative estimate of drug-likeness (QED) is 0.376. The Balaban J connectivity index is 1.65. The molecule has 3 heterocycles. The summed E-state index contributed by atoms with van der Waals surface area (Å²) in [6, 6.07) is 12.4. The Hall–Kier alpha value is -3.18. The number of hydrogen-bond donors (Lipinski definition) is 3. The van der Waals surface area contributed by atoms with Gasteiger partial charge in [0.05, 0.1) is 17.8 Å². The Labute approximate surface area is 232 Å². The number of hydrogen-bond acceptors (Lipinski definition) is 6. The first-order valence-corrected chi connectivity index (χ1v) is 13.8. The second-order valence-electron chi connectivity index (χ2n) is 10.8. The normalized spacial score (nSPS) is 21.3. The van der Waals surface area contributed by atoms with Crippen molar-refractivity contribution >= 4 is 5.91 Å². The van der Waals surface area contributed by atoms with E-state index in [2.05, 4.69) is 5.32 Å². The van der Waals surface area contributed by atoms with Gasteiger partial charge in [-0.15, -0.1) is 0 Å². The maximum Gasteiger partial charge on any atom is 0.251 e. The molecule has 0 radical (unpaired) electrons. The number of carbonyl (C=O) groups is 1. The predicted molar refractivity (Wildman–Crippen MR) is 145 cm³/mol. The average molecular weight is 555 g/mol. The van der Waals surface area contributed by atoms with Crippen LogP contribution in [-0.4, -0.2) is 75.6 Å². The van der Waals surface area contributed by atoms with Crippen LogP contribution in [0, 0.1) is 23.5 Å². The van der Waals surface area contributed by atoms with Crippen LogP contribution in [0.1, 0.15) is 37.2 Å². The van der Waals surface area contributed by atoms with Gasteiger partial charge in [0.25, 0.3) is 5.91 Å². The number of aliphatic hydroxyl groups excluding tert-OH is 2. The van der Waals surface area contributed by atoms with Crippen LogP contribution >= 0.6 is 0 Å². The highest BCUT2D eigenvalue weighted by Gasteiger charge is 2.40. The van der Waals surface area contributed by atoms with Gasteiger partial charge in [0.15, 0.2) is 0 Å². The maximum atomic E-state index is 14.9. The molecule has 8 nitrogen and oxygen atoms in total. The molecule has 3 N–H and O–H groups in total. The first kappa shape index (κ1) is 28.4. The van der Waals surface area contributed by atoms with Crippen LogP contribution in [0.2, 0.25) is 0 Å². The number of halogens is 2. The van der Waals surface area contributed by atoms with E-state index in [0.29, 0.717) is 51.5 Å². The Morgan fingerprint density at radius 1 is 1.18 bits per heavy atom. The van der Waals surface area contributed by atoms with Crippen molar-refractivity contribution in [2.45, 2.75) is 44.6 Å². The maximum absolute atomic E-state index is 14.9. The Morgan fingerprint density at radius 3 is 2.60 bits per heavy atom. The smallest absolute Gasteiger partial charge is 0.251 e. The van der Waals surface area contributed by atoms with E-state index in [-0.39, 0.29) is 29.6 Å². The number of benzene rings is 2. The Kier molecular flexibility index (Phi) is 8.90. The third kappa shape index (κ3) is 6.25. The van der Waals surface area contributed by atoms with E-state index in [1.807, 2.05) is 34.9 Å². The highest BCUT2D eigenvalue weighted by atomic mass is 19.1. The van der Waals surface area contributed by atoms with E-state index < -0.39 is 35.8 Å². The number of carbonyl (C=O) groups excluding carboxylic acids is 1. The number of aromatic nitrogens is 2. The summed E-state index contributed by atoms with van der Waals surface area (Å²) in [6.07, 6.45) is 1.10. The number of nitrogens with one attached hydrogen (secondary N) is 1. The third-order valence-electron chi connectivity index (χ3n) is 7.90. The molecule has 0 bridgehead atoms. The molecule has 1 unspecified atom stereocenters. The number of aliphatic hydroxyl groups is 2. The minimum Gasteiger partial charge on any atom is -0.391 e. The second kappa shape index (κ2) is 12.6. The molecule has 0 saturated carbocycles. The molecule has 0 aliphatic carbocycles. The van der Waals surface area contributed by atoms with E-state index >= 15 is 0 Å². The number of β-amino-alcohol motifs (C(OH)–C–C–N with tert-alkyl or cyclic N) is 1. The Morgan fingerprint density at radius 2 is 1.93 bits per heavy atom. The van der Waals surface area contributed by atoms with Crippen LogP contribution < -0.4 is 5.32 Å². The standard InChI is InChI=1S/C30H36F2N4O4/c1-19(37)30(39)36(17-22-14-33-15-27(22)38)28(21-9-11-40-12-10-21)29-34-26(24-13-23(31)7-8-25(24)32)18-35(29)16-20-5-3-2-4-6-20/h2-8,13,18-19,21-22,27-28,33,37-38H,9-12,14-17H2,1H3/t19-,22-,27+,28?/m0/s1. The van der Waals surface area contributed by atoms with Crippen molar-refractivity contribution in [2.24, 2.45) is 11.8 Å². The first-order valence-electron chi connectivity index (χ1n) is 13.8. The van der Waals surface area contributed by atoms with Gasteiger partial charge in [-0.3, -0.25) is 4.79 Å². The van der Waals surface area contributed by atoms with Crippen LogP contribution in [0.25, 0.3) is 11.3 Å². The van der Waals surface area contributed by atoms with Gasteiger partial charge in [-0.25, -0.2) is 13.8 Å². The molecule has 2 fully saturated rings. The van der Waals surface area contributed by atoms with Crippen molar-refractivity contribution in [3.05, 3.63) is 77.8 Å². The molecule has 214 valence electrons. The second-order valence-corrected chi connectivity index (χ2v) is 10.8. The molecule has 2 aliphatic heterocycles. The van der Waals surface area contributed by atoms with Gasteiger partial charge in [0, 0.05) is 57.1 Å². The zero-order valence-electron chi connectivity index (χ0n) is 22.5. The fourth-order valence-corrected chi connectivity index (χ4v) is 5.77. The zero-order valence-corrected chi connectivity index (χ0v) is 22.5. The lowest BCUT2D eigenvalue weighted by Gasteiger charge is -2.40. The van der Waals surface area contributed by atoms with Crippen molar-refractivity contribution in [3.8, 4) is 11.3 Å². The molecule has 1 amide bonds. The van der Waals surface area contributed by atoms with Gasteiger partial charge in [-0.2, -0.15) is 0 Å². The first-order chi connectivity index (χ1) is 19.3. The topological polar surface area (TPSA) is 99.9 Å². The zero-order chi connectivity index (χ0) is 28.2. The van der Waals surface area contributed by atoms with Crippen LogP contribution in [0.15, 0.2) is 54.7 Å². The molecule has 3 aromatic rings. The highest BCUT2D eigenvalue weighted by molar-refractivity contribution is 5.80. The number of rotatable bonds is 9. The van der Waals surface area contributed by atoms with E-state index in [1.54, 1.807) is 11.1 Å². The lowest BCUT2D eigenvalue weighted by molar-refractivity contribution is -0.145. The van der Waals surface area contributed by atoms with Crippen LogP contribution in [0.5, 0.6) is 0 Å². The fraction of sp³-hybridized carbons (Fsp3) is 0.467. The van der Waals surface area contributed by atoms with Crippen molar-refractivity contribution < 1.29 is 28.5 Å². The fourth-order valence-electron chi connectivity index (χ4n) is 5.77. The summed E-state index contributed by atoms with van der Waals surface area (Å²) in [4.78, 5) is 20.1. The van der Waals surface area contributed by atoms with E-state index in [1.165, 1.54) is 6.92 Å². The Bertz CT molecular complexity index is 1300. The summed E-state index contributed by atoms with van der Waals surface area (Å²) in [7, 11) is 0. The summed E-state index contributed by atoms with van der Waals surface area (Å²) in [5.41, 5.74) is 1.26. The molecule has 5 rings (SSSR count). The summed E-state index contributed by atoms with van der Waals surface area (Å²) in [6.45, 7) is 4.01. The summed E-state index contributed by atoms with van der Waals surface area (Å²) in [5, 5.41) is 24.2. The minimum absolute atomic E-state index is 0.0302. The third-order valence-corrected chi connectivity index (χ3v) is 7.90. The number of amides is 1. The van der Waals surface area contributed by atoms with Gasteiger partial charge >= 0.3 is 0 Å². The summed E-state index contributed by atoms with van der Waals surface area (Å²) in [5.74, 6) is -1.43. The van der Waals surface area contributed by atoms with E-state index in [0.717, 1.165) is 23.8 Å². The summed E-state index contributed by atoms with van der Waals surface area (Å²) >= 11 is 0. The molecule has 2 aromatic carbocycles. The molecule has 0 spiro atoms. The van der Waals surface area contributed by atoms with Crippen molar-refractivity contribution in [1.29, 1.82) is 0 Å². The van der Waals surface area contributed by atoms with Crippen LogP contribution in [0.4, 0.5) is 8.78 Å². The van der Waals surface area contributed by atoms with Crippen molar-refractivity contribution in [1.82, 2.24) is 19.8 Å². The van der Waals surface area contributed by atoms with Gasteiger partial charge in [0.2, 0.25) is 0 Å². The monoisotopic (exact) mass is 554 g/mol. The molecule has 10 heteroatoms. The number of nitrogens with zero attached hydrogens (tertiary/aromatic N) is 3. The predicted octanol–water partition coefficient (Wildman–Crippen LogP) is 3.13. The van der Waals surface area contributed by atoms with Gasteiger partial charge < -0.3 is 29.7 Å². The summed E-state index contributed by atoms with van der Waals surface area (Å²) < 4.78 is 36.6. The molecule has 40 heavy (non-hydrogen) atoms. The molecular formula is C30H36F2N4O4.